The minimum Gasteiger partial charge on any atom is -0.385 e. The van der Waals surface area contributed by atoms with Crippen molar-refractivity contribution in [3.8, 4) is 0 Å². The van der Waals surface area contributed by atoms with E-state index in [1.54, 1.807) is 12.5 Å². The first kappa shape index (κ1) is 26.7. The molecule has 3 aromatic rings. The molecular weight excluding hydrogens is 534 g/mol. The molecule has 3 aliphatic rings. The Morgan fingerprint density at radius 2 is 2.08 bits per heavy atom. The van der Waals surface area contributed by atoms with Crippen LogP contribution in [0.4, 0.5) is 11.4 Å². The van der Waals surface area contributed by atoms with E-state index >= 15 is 0 Å². The molecule has 1 fully saturated rings. The third-order valence-corrected chi connectivity index (χ3v) is 11.3. The van der Waals surface area contributed by atoms with E-state index in [1.165, 1.54) is 15.6 Å². The molecule has 1 saturated heterocycles. The van der Waals surface area contributed by atoms with Crippen LogP contribution in [0.15, 0.2) is 52.7 Å². The predicted octanol–water partition coefficient (Wildman–Crippen LogP) is 4.41. The molecule has 6 rings (SSSR count). The number of aliphatic hydroxyl groups excluding tert-OH is 2. The summed E-state index contributed by atoms with van der Waals surface area (Å²) in [4.78, 5) is 2.40. The van der Waals surface area contributed by atoms with Crippen molar-refractivity contribution in [3.05, 3.63) is 59.0 Å². The summed E-state index contributed by atoms with van der Waals surface area (Å²) in [7, 11) is -1.99. The van der Waals surface area contributed by atoms with Gasteiger partial charge in [0, 0.05) is 77.6 Å². The number of piperidine rings is 1. The summed E-state index contributed by atoms with van der Waals surface area (Å²) in [5.74, 6) is -0.268. The second kappa shape index (κ2) is 10.8. The van der Waals surface area contributed by atoms with Crippen molar-refractivity contribution in [2.24, 2.45) is 5.92 Å². The molecule has 39 heavy (non-hydrogen) atoms. The largest absolute Gasteiger partial charge is 0.385 e. The zero-order chi connectivity index (χ0) is 27.1. The number of fused-ring (bicyclic) bond motifs is 1. The molecule has 0 bridgehead atoms. The number of nitrogens with one attached hydrogen (secondary N) is 1. The Balaban J connectivity index is 1.21. The lowest BCUT2D eigenvalue weighted by Gasteiger charge is -2.35. The molecule has 0 spiro atoms. The van der Waals surface area contributed by atoms with Crippen LogP contribution in [-0.4, -0.2) is 68.7 Å². The van der Waals surface area contributed by atoms with Crippen molar-refractivity contribution in [1.29, 1.82) is 0 Å². The van der Waals surface area contributed by atoms with Crippen LogP contribution in [0.5, 0.6) is 0 Å². The number of rotatable bonds is 9. The molecule has 4 unspecified atom stereocenters. The quantitative estimate of drug-likeness (QED) is 0.259. The van der Waals surface area contributed by atoms with Gasteiger partial charge in [-0.15, -0.1) is 11.3 Å². The lowest BCUT2D eigenvalue weighted by molar-refractivity contribution is 0.0953. The molecule has 8 nitrogen and oxygen atoms in total. The summed E-state index contributed by atoms with van der Waals surface area (Å²) in [6.45, 7) is 2.04. The third-order valence-electron chi connectivity index (χ3n) is 8.28. The highest BCUT2D eigenvalue weighted by Crippen LogP contribution is 2.49. The number of nitrogens with zero attached hydrogens (tertiary/aromatic N) is 2. The zero-order valence-corrected chi connectivity index (χ0v) is 23.6. The molecule has 2 aromatic carbocycles. The predicted molar refractivity (Wildman–Crippen MR) is 156 cm³/mol. The van der Waals surface area contributed by atoms with Crippen molar-refractivity contribution in [3.63, 3.8) is 0 Å². The maximum absolute atomic E-state index is 13.6. The Morgan fingerprint density at radius 1 is 1.23 bits per heavy atom. The highest BCUT2D eigenvalue weighted by Gasteiger charge is 2.40. The summed E-state index contributed by atoms with van der Waals surface area (Å²) in [5.41, 5.74) is 3.93. The van der Waals surface area contributed by atoms with E-state index in [0.29, 0.717) is 31.0 Å². The monoisotopic (exact) mass is 569 g/mol. The van der Waals surface area contributed by atoms with Gasteiger partial charge in [0.05, 0.1) is 0 Å². The number of hydrogen-bond acceptors (Lipinski definition) is 8. The highest BCUT2D eigenvalue weighted by molar-refractivity contribution is 7.89. The SMILES string of the molecule is COCCCN1c2ccc(NC(O)C3CCCN(S(=O)(=O)c4csc5ccccc45)C3)c3c2C(CC=C3)C1O. The average molecular weight is 570 g/mol. The van der Waals surface area contributed by atoms with Crippen LogP contribution in [-0.2, 0) is 14.8 Å². The maximum Gasteiger partial charge on any atom is 0.244 e. The molecule has 3 N–H and O–H groups in total. The fraction of sp³-hybridized carbons (Fsp3) is 0.448. The van der Waals surface area contributed by atoms with Crippen LogP contribution in [0.2, 0.25) is 0 Å². The van der Waals surface area contributed by atoms with Crippen molar-refractivity contribution in [2.75, 3.05) is 43.6 Å². The van der Waals surface area contributed by atoms with Crippen LogP contribution in [0.25, 0.3) is 16.2 Å². The van der Waals surface area contributed by atoms with Gasteiger partial charge in [0.2, 0.25) is 10.0 Å². The number of benzene rings is 2. The summed E-state index contributed by atoms with van der Waals surface area (Å²) in [6, 6.07) is 11.5. The molecular formula is C29H35N3O5S2. The Bertz CT molecular complexity index is 1490. The van der Waals surface area contributed by atoms with E-state index < -0.39 is 22.5 Å². The highest BCUT2D eigenvalue weighted by atomic mass is 32.2. The van der Waals surface area contributed by atoms with Gasteiger partial charge in [0.1, 0.15) is 17.4 Å². The van der Waals surface area contributed by atoms with E-state index in [2.05, 4.69) is 17.5 Å². The smallest absolute Gasteiger partial charge is 0.244 e. The summed E-state index contributed by atoms with van der Waals surface area (Å²) < 4.78 is 34.9. The Kier molecular flexibility index (Phi) is 7.43. The molecule has 0 radical (unpaired) electrons. The number of aliphatic hydroxyl groups is 2. The number of methoxy groups -OCH3 is 1. The molecule has 2 aliphatic heterocycles. The molecule has 208 valence electrons. The van der Waals surface area contributed by atoms with Crippen LogP contribution >= 0.6 is 11.3 Å². The number of hydrogen-bond donors (Lipinski definition) is 3. The van der Waals surface area contributed by atoms with Crippen LogP contribution in [0.1, 0.15) is 42.7 Å². The number of anilines is 2. The number of ether oxygens (including phenoxy) is 1. The number of allylic oxidation sites excluding steroid dienone is 1. The van der Waals surface area contributed by atoms with Gasteiger partial charge in [-0.05, 0) is 49.4 Å². The molecule has 0 amide bonds. The van der Waals surface area contributed by atoms with E-state index in [1.807, 2.05) is 41.3 Å². The second-order valence-electron chi connectivity index (χ2n) is 10.6. The van der Waals surface area contributed by atoms with Crippen molar-refractivity contribution in [2.45, 2.75) is 49.0 Å². The van der Waals surface area contributed by atoms with Crippen LogP contribution in [0, 0.1) is 5.92 Å². The van der Waals surface area contributed by atoms with Gasteiger partial charge in [0.25, 0.3) is 0 Å². The van der Waals surface area contributed by atoms with Gasteiger partial charge >= 0.3 is 0 Å². The zero-order valence-electron chi connectivity index (χ0n) is 22.0. The van der Waals surface area contributed by atoms with Gasteiger partial charge in [0.15, 0.2) is 0 Å². The minimum absolute atomic E-state index is 0.0165. The van der Waals surface area contributed by atoms with E-state index in [9.17, 15) is 18.6 Å². The molecule has 1 aliphatic carbocycles. The normalized spacial score (nSPS) is 23.8. The van der Waals surface area contributed by atoms with Crippen molar-refractivity contribution in [1.82, 2.24) is 4.31 Å². The first-order chi connectivity index (χ1) is 18.9. The minimum atomic E-state index is -3.67. The molecule has 1 aromatic heterocycles. The standard InChI is InChI=1S/C29H35N3O5S2/c1-37-16-6-15-32-24-13-12-23(20-9-4-10-22(27(20)24)29(32)34)30-28(33)19-7-5-14-31(17-19)39(35,36)26-18-38-25-11-3-2-8-21(25)26/h2-4,8-9,11-13,18-19,22,28-30,33-34H,5-7,10,14-17H2,1H3. The molecule has 3 heterocycles. The van der Waals surface area contributed by atoms with Gasteiger partial charge in [-0.25, -0.2) is 8.42 Å². The van der Waals surface area contributed by atoms with Crippen molar-refractivity contribution < 1.29 is 23.4 Å². The van der Waals surface area contributed by atoms with E-state index in [4.69, 9.17) is 4.74 Å². The number of sulfonamides is 1. The van der Waals surface area contributed by atoms with E-state index in [-0.39, 0.29) is 18.4 Å². The first-order valence-electron chi connectivity index (χ1n) is 13.6. The van der Waals surface area contributed by atoms with Gasteiger partial charge in [-0.1, -0.05) is 30.4 Å². The summed E-state index contributed by atoms with van der Waals surface area (Å²) in [6.07, 6.45) is 5.65. The van der Waals surface area contributed by atoms with Gasteiger partial charge in [-0.3, -0.25) is 0 Å². The molecule has 4 atom stereocenters. The van der Waals surface area contributed by atoms with Crippen LogP contribution < -0.4 is 10.2 Å². The first-order valence-corrected chi connectivity index (χ1v) is 15.9. The Hall–Kier alpha value is -2.47. The fourth-order valence-electron chi connectivity index (χ4n) is 6.30. The lowest BCUT2D eigenvalue weighted by atomic mass is 9.86. The Labute approximate surface area is 233 Å². The fourth-order valence-corrected chi connectivity index (χ4v) is 9.31. The number of thiophene rings is 1. The Morgan fingerprint density at radius 3 is 2.92 bits per heavy atom. The molecule has 0 saturated carbocycles. The second-order valence-corrected chi connectivity index (χ2v) is 13.4. The van der Waals surface area contributed by atoms with Crippen LogP contribution in [0.3, 0.4) is 0 Å². The topological polar surface area (TPSA) is 102 Å². The van der Waals surface area contributed by atoms with Crippen molar-refractivity contribution >= 4 is 48.9 Å². The van der Waals surface area contributed by atoms with E-state index in [0.717, 1.165) is 51.9 Å². The average Bonchev–Trinajstić information content (AvgIpc) is 3.51. The lowest BCUT2D eigenvalue weighted by Crippen LogP contribution is -2.45. The van der Waals surface area contributed by atoms with Gasteiger partial charge in [-0.2, -0.15) is 4.31 Å². The summed E-state index contributed by atoms with van der Waals surface area (Å²) in [5, 5.41) is 28.1. The molecule has 10 heteroatoms. The summed E-state index contributed by atoms with van der Waals surface area (Å²) >= 11 is 1.44. The third kappa shape index (κ3) is 4.77. The maximum atomic E-state index is 13.6. The van der Waals surface area contributed by atoms with Gasteiger partial charge < -0.3 is 25.2 Å².